The Morgan fingerprint density at radius 1 is 1.27 bits per heavy atom. The first kappa shape index (κ1) is 23.1. The normalized spacial score (nSPS) is 24.1. The molecule has 2 atom stereocenters. The molecule has 168 valence electrons. The zero-order chi connectivity index (χ0) is 21.9. The number of likely N-dealkylation sites (tertiary alicyclic amines) is 1. The van der Waals surface area contributed by atoms with Crippen LogP contribution in [0.2, 0.25) is 5.02 Å². The number of alkyl halides is 3. The van der Waals surface area contributed by atoms with Crippen LogP contribution in [0.25, 0.3) is 0 Å². The van der Waals surface area contributed by atoms with Gasteiger partial charge in [-0.1, -0.05) is 11.6 Å². The minimum atomic E-state index is -4.48. The molecule has 1 aromatic heterocycles. The molecule has 2 unspecified atom stereocenters. The highest BCUT2D eigenvalue weighted by atomic mass is 35.5. The van der Waals surface area contributed by atoms with E-state index < -0.39 is 12.8 Å². The number of piperidine rings is 1. The van der Waals surface area contributed by atoms with E-state index in [1.807, 2.05) is 0 Å². The summed E-state index contributed by atoms with van der Waals surface area (Å²) in [6, 6.07) is 1.31. The zero-order valence-electron chi connectivity index (χ0n) is 17.1. The third-order valence-electron chi connectivity index (χ3n) is 5.34. The Balaban J connectivity index is 1.50. The fraction of sp³-hybridized carbons (Fsp3) is 0.700. The molecule has 2 fully saturated rings. The van der Waals surface area contributed by atoms with Crippen molar-refractivity contribution in [3.05, 3.63) is 22.8 Å². The lowest BCUT2D eigenvalue weighted by molar-refractivity contribution is -0.154. The molecule has 0 spiro atoms. The molecule has 0 N–H and O–H groups in total. The number of hydrogen-bond donors (Lipinski definition) is 0. The highest BCUT2D eigenvalue weighted by molar-refractivity contribution is 6.32. The van der Waals surface area contributed by atoms with Crippen LogP contribution in [0.15, 0.2) is 12.3 Å². The Morgan fingerprint density at radius 2 is 1.90 bits per heavy atom. The largest absolute Gasteiger partial charge is 0.467 e. The third-order valence-corrected chi connectivity index (χ3v) is 5.61. The van der Waals surface area contributed by atoms with Gasteiger partial charge in [0.05, 0.1) is 17.8 Å². The van der Waals surface area contributed by atoms with E-state index in [-0.39, 0.29) is 34.6 Å². The fourth-order valence-electron chi connectivity index (χ4n) is 4.10. The van der Waals surface area contributed by atoms with Gasteiger partial charge in [-0.25, -0.2) is 4.98 Å². The second-order valence-electron chi connectivity index (χ2n) is 8.13. The van der Waals surface area contributed by atoms with Gasteiger partial charge in [-0.15, -0.1) is 0 Å². The van der Waals surface area contributed by atoms with Crippen LogP contribution in [0.4, 0.5) is 13.2 Å². The zero-order valence-corrected chi connectivity index (χ0v) is 17.9. The Labute approximate surface area is 179 Å². The van der Waals surface area contributed by atoms with Crippen molar-refractivity contribution < 1.29 is 27.4 Å². The maximum absolute atomic E-state index is 12.7. The van der Waals surface area contributed by atoms with Crippen LogP contribution in [0.3, 0.4) is 0 Å². The first-order chi connectivity index (χ1) is 14.1. The van der Waals surface area contributed by atoms with E-state index in [9.17, 15) is 18.0 Å². The van der Waals surface area contributed by atoms with Gasteiger partial charge >= 0.3 is 6.18 Å². The van der Waals surface area contributed by atoms with Gasteiger partial charge in [0.1, 0.15) is 5.02 Å². The van der Waals surface area contributed by atoms with Gasteiger partial charge in [-0.05, 0) is 38.7 Å². The lowest BCUT2D eigenvalue weighted by Crippen LogP contribution is -2.48. The topological polar surface area (TPSA) is 54.9 Å². The van der Waals surface area contributed by atoms with Crippen LogP contribution in [-0.2, 0) is 4.74 Å². The van der Waals surface area contributed by atoms with Gasteiger partial charge in [0.25, 0.3) is 5.91 Å². The summed E-state index contributed by atoms with van der Waals surface area (Å²) in [6.45, 7) is 6.80. The summed E-state index contributed by atoms with van der Waals surface area (Å²) >= 11 is 5.96. The average Bonchev–Trinajstić information content (AvgIpc) is 2.65. The third kappa shape index (κ3) is 6.46. The molecule has 10 heteroatoms. The number of aromatic nitrogens is 1. The summed E-state index contributed by atoms with van der Waals surface area (Å²) in [6.07, 6.45) is -1.00. The Bertz CT molecular complexity index is 732. The molecular formula is C20H27ClF3N3O3. The standard InChI is InChI=1S/C20H27ClF3N3O3/c1-13-9-26(10-14(2)30-13)11-15-3-5-27(6-4-15)19(28)16-7-17(21)18(25-8-16)29-12-20(22,23)24/h7-8,13-15H,3-6,9-12H2,1-2H3. The molecule has 0 bridgehead atoms. The van der Waals surface area contributed by atoms with E-state index in [4.69, 9.17) is 16.3 Å². The van der Waals surface area contributed by atoms with Crippen LogP contribution in [-0.4, -0.2) is 78.4 Å². The van der Waals surface area contributed by atoms with Crippen molar-refractivity contribution in [2.75, 3.05) is 39.3 Å². The Hall–Kier alpha value is -1.58. The van der Waals surface area contributed by atoms with Gasteiger partial charge in [0.15, 0.2) is 6.61 Å². The molecule has 0 aromatic carbocycles. The number of hydrogen-bond acceptors (Lipinski definition) is 5. The molecule has 1 amide bonds. The fourth-order valence-corrected chi connectivity index (χ4v) is 4.32. The Kier molecular flexibility index (Phi) is 7.47. The first-order valence-corrected chi connectivity index (χ1v) is 10.5. The predicted molar refractivity (Wildman–Crippen MR) is 106 cm³/mol. The minimum Gasteiger partial charge on any atom is -0.467 e. The van der Waals surface area contributed by atoms with E-state index >= 15 is 0 Å². The molecule has 2 saturated heterocycles. The van der Waals surface area contributed by atoms with E-state index in [0.29, 0.717) is 19.0 Å². The summed E-state index contributed by atoms with van der Waals surface area (Å²) in [7, 11) is 0. The SMILES string of the molecule is CC1CN(CC2CCN(C(=O)c3cnc(OCC(F)(F)F)c(Cl)c3)CC2)CC(C)O1. The molecular weight excluding hydrogens is 423 g/mol. The quantitative estimate of drug-likeness (QED) is 0.687. The number of pyridine rings is 1. The number of nitrogens with zero attached hydrogens (tertiary/aromatic N) is 3. The molecule has 2 aliphatic heterocycles. The highest BCUT2D eigenvalue weighted by Gasteiger charge is 2.30. The second kappa shape index (κ2) is 9.70. The number of halogens is 4. The Morgan fingerprint density at radius 3 is 2.47 bits per heavy atom. The maximum Gasteiger partial charge on any atom is 0.422 e. The van der Waals surface area contributed by atoms with Crippen molar-refractivity contribution in [1.82, 2.24) is 14.8 Å². The number of carbonyl (C=O) groups is 1. The lowest BCUT2D eigenvalue weighted by atomic mass is 9.95. The summed E-state index contributed by atoms with van der Waals surface area (Å²) in [5, 5.41) is -0.115. The summed E-state index contributed by atoms with van der Waals surface area (Å²) in [5.41, 5.74) is 0.244. The monoisotopic (exact) mass is 449 g/mol. The van der Waals surface area contributed by atoms with E-state index in [2.05, 4.69) is 28.5 Å². The van der Waals surface area contributed by atoms with Crippen LogP contribution >= 0.6 is 11.6 Å². The van der Waals surface area contributed by atoms with E-state index in [1.54, 1.807) is 4.90 Å². The number of ether oxygens (including phenoxy) is 2. The number of rotatable bonds is 5. The van der Waals surface area contributed by atoms with Gasteiger partial charge < -0.3 is 14.4 Å². The van der Waals surface area contributed by atoms with Crippen molar-refractivity contribution in [3.8, 4) is 5.88 Å². The van der Waals surface area contributed by atoms with Gasteiger partial charge in [-0.2, -0.15) is 13.2 Å². The first-order valence-electron chi connectivity index (χ1n) is 10.1. The lowest BCUT2D eigenvalue weighted by Gasteiger charge is -2.39. The summed E-state index contributed by atoms with van der Waals surface area (Å²) < 4.78 is 47.2. The minimum absolute atomic E-state index is 0.115. The molecule has 3 heterocycles. The van der Waals surface area contributed by atoms with Crippen molar-refractivity contribution in [3.63, 3.8) is 0 Å². The summed E-state index contributed by atoms with van der Waals surface area (Å²) in [4.78, 5) is 20.7. The van der Waals surface area contributed by atoms with Crippen LogP contribution in [0, 0.1) is 5.92 Å². The van der Waals surface area contributed by atoms with Crippen molar-refractivity contribution in [2.45, 2.75) is 45.1 Å². The number of carbonyl (C=O) groups excluding carboxylic acids is 1. The second-order valence-corrected chi connectivity index (χ2v) is 8.53. The molecule has 1 aromatic rings. The highest BCUT2D eigenvalue weighted by Crippen LogP contribution is 2.27. The molecule has 0 saturated carbocycles. The number of amides is 1. The molecule has 0 aliphatic carbocycles. The molecule has 2 aliphatic rings. The van der Waals surface area contributed by atoms with Gasteiger partial charge in [0, 0.05) is 38.9 Å². The van der Waals surface area contributed by atoms with Crippen molar-refractivity contribution >= 4 is 17.5 Å². The van der Waals surface area contributed by atoms with Crippen LogP contribution < -0.4 is 4.74 Å². The maximum atomic E-state index is 12.7. The van der Waals surface area contributed by atoms with Gasteiger partial charge in [-0.3, -0.25) is 9.69 Å². The molecule has 0 radical (unpaired) electrons. The van der Waals surface area contributed by atoms with Gasteiger partial charge in [0.2, 0.25) is 5.88 Å². The smallest absolute Gasteiger partial charge is 0.422 e. The molecule has 30 heavy (non-hydrogen) atoms. The van der Waals surface area contributed by atoms with E-state index in [1.165, 1.54) is 12.3 Å². The average molecular weight is 450 g/mol. The number of morpholine rings is 1. The molecule has 3 rings (SSSR count). The van der Waals surface area contributed by atoms with Crippen molar-refractivity contribution in [2.24, 2.45) is 5.92 Å². The predicted octanol–water partition coefficient (Wildman–Crippen LogP) is 3.64. The summed E-state index contributed by atoms with van der Waals surface area (Å²) in [5.74, 6) is -0.0385. The van der Waals surface area contributed by atoms with Crippen LogP contribution in [0.1, 0.15) is 37.0 Å². The van der Waals surface area contributed by atoms with E-state index in [0.717, 1.165) is 32.5 Å². The van der Waals surface area contributed by atoms with Crippen molar-refractivity contribution in [1.29, 1.82) is 0 Å². The molecule has 6 nitrogen and oxygen atoms in total. The van der Waals surface area contributed by atoms with Crippen LogP contribution in [0.5, 0.6) is 5.88 Å².